The van der Waals surface area contributed by atoms with E-state index in [4.69, 9.17) is 0 Å². The molecule has 2 heterocycles. The fraction of sp³-hybridized carbons (Fsp3) is 0.421. The average molecular weight is 375 g/mol. The van der Waals surface area contributed by atoms with Crippen molar-refractivity contribution in [2.45, 2.75) is 38.1 Å². The number of hydrogen-bond donors (Lipinski definition) is 1. The second-order valence-corrected chi connectivity index (χ2v) is 8.71. The maximum atomic E-state index is 12.5. The van der Waals surface area contributed by atoms with Crippen molar-refractivity contribution in [3.8, 4) is 0 Å². The molecule has 0 radical (unpaired) electrons. The number of hydrogen-bond acceptors (Lipinski definition) is 3. The third-order valence-corrected chi connectivity index (χ3v) is 7.05. The first-order chi connectivity index (χ1) is 12.3. The zero-order valence-corrected chi connectivity index (χ0v) is 16.3. The first-order valence-electron chi connectivity index (χ1n) is 8.81. The second kappa shape index (κ2) is 7.25. The van der Waals surface area contributed by atoms with Gasteiger partial charge in [0, 0.05) is 43.6 Å². The minimum absolute atomic E-state index is 0.212. The lowest BCUT2D eigenvalue weighted by Gasteiger charge is -2.15. The van der Waals surface area contributed by atoms with Crippen LogP contribution in [0.25, 0.3) is 0 Å². The van der Waals surface area contributed by atoms with Crippen LogP contribution in [0.3, 0.4) is 0 Å². The number of nitrogens with one attached hydrogen (secondary N) is 1. The number of aryl methyl sites for hydroxylation is 1. The molecule has 1 aromatic carbocycles. The molecule has 0 bridgehead atoms. The SMILES string of the molecule is Cc1cc(CNC(=O)c2ccc(S(=O)(=O)N3CCCC3)cc2)c(C)n1C. The standard InChI is InChI=1S/C19H25N3O3S/c1-14-12-17(15(2)21(14)3)13-20-19(23)16-6-8-18(9-7-16)26(24,25)22-10-4-5-11-22/h6-9,12H,4-5,10-11,13H2,1-3H3,(H,20,23). The molecule has 1 aromatic heterocycles. The number of nitrogens with zero attached hydrogens (tertiary/aromatic N) is 2. The van der Waals surface area contributed by atoms with E-state index in [1.54, 1.807) is 12.1 Å². The van der Waals surface area contributed by atoms with Crippen LogP contribution in [0.4, 0.5) is 0 Å². The van der Waals surface area contributed by atoms with Gasteiger partial charge in [0.05, 0.1) is 4.90 Å². The molecule has 0 saturated carbocycles. The van der Waals surface area contributed by atoms with E-state index in [0.717, 1.165) is 29.8 Å². The summed E-state index contributed by atoms with van der Waals surface area (Å²) in [7, 11) is -1.45. The lowest BCUT2D eigenvalue weighted by atomic mass is 10.2. The molecule has 2 aromatic rings. The summed E-state index contributed by atoms with van der Waals surface area (Å²) < 4.78 is 28.6. The van der Waals surface area contributed by atoms with E-state index < -0.39 is 10.0 Å². The van der Waals surface area contributed by atoms with Crippen molar-refractivity contribution in [2.75, 3.05) is 13.1 Å². The molecule has 7 heteroatoms. The predicted octanol–water partition coefficient (Wildman–Crippen LogP) is 2.36. The number of carbonyl (C=O) groups excluding carboxylic acids is 1. The van der Waals surface area contributed by atoms with E-state index in [2.05, 4.69) is 16.0 Å². The smallest absolute Gasteiger partial charge is 0.251 e. The van der Waals surface area contributed by atoms with Crippen LogP contribution in [0.2, 0.25) is 0 Å². The van der Waals surface area contributed by atoms with Crippen molar-refractivity contribution in [2.24, 2.45) is 7.05 Å². The topological polar surface area (TPSA) is 71.4 Å². The molecule has 26 heavy (non-hydrogen) atoms. The van der Waals surface area contributed by atoms with Crippen LogP contribution in [0, 0.1) is 13.8 Å². The minimum Gasteiger partial charge on any atom is -0.352 e. The molecule has 6 nitrogen and oxygen atoms in total. The average Bonchev–Trinajstić information content (AvgIpc) is 3.26. The third-order valence-electron chi connectivity index (χ3n) is 5.14. The van der Waals surface area contributed by atoms with Gasteiger partial charge in [0.2, 0.25) is 10.0 Å². The van der Waals surface area contributed by atoms with Gasteiger partial charge in [-0.1, -0.05) is 0 Å². The quantitative estimate of drug-likeness (QED) is 0.872. The normalized spacial score (nSPS) is 15.3. The van der Waals surface area contributed by atoms with Gasteiger partial charge >= 0.3 is 0 Å². The highest BCUT2D eigenvalue weighted by atomic mass is 32.2. The molecule has 1 aliphatic heterocycles. The maximum absolute atomic E-state index is 12.5. The Hall–Kier alpha value is -2.12. The van der Waals surface area contributed by atoms with E-state index in [1.165, 1.54) is 16.4 Å². The molecular weight excluding hydrogens is 350 g/mol. The summed E-state index contributed by atoms with van der Waals surface area (Å²) in [4.78, 5) is 12.6. The Bertz CT molecular complexity index is 908. The lowest BCUT2D eigenvalue weighted by Crippen LogP contribution is -2.28. The molecule has 0 spiro atoms. The summed E-state index contributed by atoms with van der Waals surface area (Å²) in [5.74, 6) is -0.212. The van der Waals surface area contributed by atoms with Crippen LogP contribution >= 0.6 is 0 Å². The molecular formula is C19H25N3O3S. The van der Waals surface area contributed by atoms with Crippen molar-refractivity contribution >= 4 is 15.9 Å². The van der Waals surface area contributed by atoms with Crippen LogP contribution in [-0.2, 0) is 23.6 Å². The van der Waals surface area contributed by atoms with Gasteiger partial charge in [-0.25, -0.2) is 8.42 Å². The van der Waals surface area contributed by atoms with Gasteiger partial charge in [0.15, 0.2) is 0 Å². The summed E-state index contributed by atoms with van der Waals surface area (Å²) in [5.41, 5.74) is 3.79. The number of sulfonamides is 1. The highest BCUT2D eigenvalue weighted by molar-refractivity contribution is 7.89. The molecule has 1 N–H and O–H groups in total. The van der Waals surface area contributed by atoms with E-state index in [9.17, 15) is 13.2 Å². The number of aromatic nitrogens is 1. The summed E-state index contributed by atoms with van der Waals surface area (Å²) >= 11 is 0. The molecule has 1 saturated heterocycles. The van der Waals surface area contributed by atoms with Gasteiger partial charge in [-0.15, -0.1) is 0 Å². The Balaban J connectivity index is 1.68. The van der Waals surface area contributed by atoms with Gasteiger partial charge in [0.1, 0.15) is 0 Å². The van der Waals surface area contributed by atoms with Gasteiger partial charge in [-0.05, 0) is 62.6 Å². The van der Waals surface area contributed by atoms with Gasteiger partial charge in [-0.2, -0.15) is 4.31 Å². The van der Waals surface area contributed by atoms with Crippen molar-refractivity contribution in [1.29, 1.82) is 0 Å². The second-order valence-electron chi connectivity index (χ2n) is 6.77. The molecule has 3 rings (SSSR count). The van der Waals surface area contributed by atoms with Crippen LogP contribution in [0.1, 0.15) is 40.2 Å². The predicted molar refractivity (Wildman–Crippen MR) is 100 cm³/mol. The highest BCUT2D eigenvalue weighted by Gasteiger charge is 2.27. The molecule has 0 aliphatic carbocycles. The van der Waals surface area contributed by atoms with Crippen LogP contribution in [0.15, 0.2) is 35.2 Å². The van der Waals surface area contributed by atoms with Crippen LogP contribution < -0.4 is 5.32 Å². The van der Waals surface area contributed by atoms with Crippen LogP contribution in [-0.4, -0.2) is 36.3 Å². The fourth-order valence-electron chi connectivity index (χ4n) is 3.25. The molecule has 1 aliphatic rings. The summed E-state index contributed by atoms with van der Waals surface area (Å²) in [5, 5.41) is 2.90. The molecule has 1 fully saturated rings. The molecule has 1 amide bonds. The van der Waals surface area contributed by atoms with Crippen molar-refractivity contribution in [3.05, 3.63) is 52.8 Å². The van der Waals surface area contributed by atoms with Gasteiger partial charge in [0.25, 0.3) is 5.91 Å². The summed E-state index contributed by atoms with van der Waals surface area (Å²) in [6.45, 7) is 5.63. The monoisotopic (exact) mass is 375 g/mol. The Morgan fingerprint density at radius 3 is 2.27 bits per heavy atom. The maximum Gasteiger partial charge on any atom is 0.251 e. The van der Waals surface area contributed by atoms with E-state index >= 15 is 0 Å². The summed E-state index contributed by atoms with van der Waals surface area (Å²) in [6, 6.07) is 8.23. The Morgan fingerprint density at radius 2 is 1.73 bits per heavy atom. The zero-order chi connectivity index (χ0) is 18.9. The molecule has 0 atom stereocenters. The van der Waals surface area contributed by atoms with Crippen molar-refractivity contribution < 1.29 is 13.2 Å². The van der Waals surface area contributed by atoms with Crippen LogP contribution in [0.5, 0.6) is 0 Å². The minimum atomic E-state index is -3.45. The Morgan fingerprint density at radius 1 is 1.12 bits per heavy atom. The van der Waals surface area contributed by atoms with Crippen molar-refractivity contribution in [3.63, 3.8) is 0 Å². The highest BCUT2D eigenvalue weighted by Crippen LogP contribution is 2.21. The van der Waals surface area contributed by atoms with E-state index in [0.29, 0.717) is 25.2 Å². The number of amides is 1. The van der Waals surface area contributed by atoms with Gasteiger partial charge < -0.3 is 9.88 Å². The lowest BCUT2D eigenvalue weighted by molar-refractivity contribution is 0.0950. The zero-order valence-electron chi connectivity index (χ0n) is 15.4. The number of rotatable bonds is 5. The summed E-state index contributed by atoms with van der Waals surface area (Å²) in [6.07, 6.45) is 1.80. The Kier molecular flexibility index (Phi) is 5.20. The van der Waals surface area contributed by atoms with E-state index in [-0.39, 0.29) is 10.8 Å². The largest absolute Gasteiger partial charge is 0.352 e. The van der Waals surface area contributed by atoms with E-state index in [1.807, 2.05) is 20.9 Å². The van der Waals surface area contributed by atoms with Crippen molar-refractivity contribution in [1.82, 2.24) is 14.2 Å². The first kappa shape index (κ1) is 18.7. The fourth-order valence-corrected chi connectivity index (χ4v) is 4.76. The number of carbonyl (C=O) groups is 1. The molecule has 140 valence electrons. The molecule has 0 unspecified atom stereocenters. The Labute approximate surface area is 154 Å². The number of benzene rings is 1. The third kappa shape index (κ3) is 3.54. The van der Waals surface area contributed by atoms with Gasteiger partial charge in [-0.3, -0.25) is 4.79 Å². The first-order valence-corrected chi connectivity index (χ1v) is 10.2.